The van der Waals surface area contributed by atoms with E-state index in [9.17, 15) is 9.59 Å². The Morgan fingerprint density at radius 3 is 2.64 bits per heavy atom. The van der Waals surface area contributed by atoms with E-state index in [1.807, 2.05) is 30.3 Å². The summed E-state index contributed by atoms with van der Waals surface area (Å²) in [4.78, 5) is 25.3. The highest BCUT2D eigenvalue weighted by Gasteiger charge is 2.32. The lowest BCUT2D eigenvalue weighted by molar-refractivity contribution is -0.122. The molecule has 1 aliphatic rings. The molecule has 0 saturated carbocycles. The zero-order chi connectivity index (χ0) is 20.1. The third-order valence-corrected chi connectivity index (χ3v) is 4.34. The van der Waals surface area contributed by atoms with Crippen molar-refractivity contribution in [3.8, 4) is 11.5 Å². The van der Waals surface area contributed by atoms with E-state index in [1.165, 1.54) is 13.2 Å². The van der Waals surface area contributed by atoms with E-state index in [2.05, 4.69) is 11.9 Å². The summed E-state index contributed by atoms with van der Waals surface area (Å²) in [6.45, 7) is 4.02. The number of urea groups is 1. The minimum absolute atomic E-state index is 0.137. The summed E-state index contributed by atoms with van der Waals surface area (Å²) in [6.07, 6.45) is 3.03. The summed E-state index contributed by atoms with van der Waals surface area (Å²) < 4.78 is 11.2. The van der Waals surface area contributed by atoms with Crippen LogP contribution in [-0.4, -0.2) is 30.5 Å². The lowest BCUT2D eigenvalue weighted by Gasteiger charge is -2.13. The zero-order valence-electron chi connectivity index (χ0n) is 15.3. The van der Waals surface area contributed by atoms with Crippen molar-refractivity contribution in [2.24, 2.45) is 0 Å². The van der Waals surface area contributed by atoms with E-state index in [0.717, 1.165) is 10.5 Å². The van der Waals surface area contributed by atoms with Gasteiger partial charge in [-0.05, 0) is 29.3 Å². The van der Waals surface area contributed by atoms with Crippen LogP contribution in [0.3, 0.4) is 0 Å². The van der Waals surface area contributed by atoms with Crippen LogP contribution >= 0.6 is 11.6 Å². The van der Waals surface area contributed by atoms with E-state index < -0.39 is 11.9 Å². The van der Waals surface area contributed by atoms with Gasteiger partial charge in [0.15, 0.2) is 11.5 Å². The van der Waals surface area contributed by atoms with Crippen molar-refractivity contribution in [1.82, 2.24) is 10.2 Å². The number of halogens is 1. The number of nitrogens with one attached hydrogen (secondary N) is 1. The monoisotopic (exact) mass is 398 g/mol. The average molecular weight is 399 g/mol. The van der Waals surface area contributed by atoms with E-state index in [4.69, 9.17) is 21.1 Å². The molecular formula is C21H19ClN2O4. The minimum Gasteiger partial charge on any atom is -0.493 e. The smallest absolute Gasteiger partial charge is 0.329 e. The summed E-state index contributed by atoms with van der Waals surface area (Å²) in [6, 6.07) is 12.5. The molecule has 6 nitrogen and oxygen atoms in total. The number of nitrogens with zero attached hydrogens (tertiary/aromatic N) is 1. The summed E-state index contributed by atoms with van der Waals surface area (Å²) >= 11 is 6.38. The quantitative estimate of drug-likeness (QED) is 0.434. The number of carbonyl (C=O) groups excluding carboxylic acids is 2. The molecule has 3 rings (SSSR count). The number of rotatable bonds is 7. The molecule has 1 saturated heterocycles. The number of ether oxygens (including phenoxy) is 2. The molecule has 1 aliphatic heterocycles. The molecular weight excluding hydrogens is 380 g/mol. The summed E-state index contributed by atoms with van der Waals surface area (Å²) in [5, 5.41) is 2.88. The molecule has 0 unspecified atom stereocenters. The fraction of sp³-hybridized carbons (Fsp3) is 0.143. The maximum absolute atomic E-state index is 12.3. The van der Waals surface area contributed by atoms with E-state index in [-0.39, 0.29) is 12.2 Å². The van der Waals surface area contributed by atoms with Gasteiger partial charge in [0, 0.05) is 6.54 Å². The molecule has 1 fully saturated rings. The molecule has 1 N–H and O–H groups in total. The third-order valence-electron chi connectivity index (χ3n) is 4.06. The Morgan fingerprint density at radius 1 is 1.21 bits per heavy atom. The Morgan fingerprint density at radius 2 is 1.96 bits per heavy atom. The fourth-order valence-corrected chi connectivity index (χ4v) is 3.00. The SMILES string of the molecule is C=CCN1C(=O)N/C(=C/c2cc(Cl)c(OCc3ccccc3)c(OC)c2)C1=O. The minimum atomic E-state index is -0.489. The van der Waals surface area contributed by atoms with Gasteiger partial charge in [0.25, 0.3) is 5.91 Å². The summed E-state index contributed by atoms with van der Waals surface area (Å²) in [5.41, 5.74) is 1.74. The summed E-state index contributed by atoms with van der Waals surface area (Å²) in [7, 11) is 1.51. The molecule has 28 heavy (non-hydrogen) atoms. The first-order valence-electron chi connectivity index (χ1n) is 8.53. The van der Waals surface area contributed by atoms with E-state index >= 15 is 0 Å². The topological polar surface area (TPSA) is 67.9 Å². The van der Waals surface area contributed by atoms with Crippen LogP contribution in [0.15, 0.2) is 60.8 Å². The first kappa shape index (κ1) is 19.5. The van der Waals surface area contributed by atoms with Crippen LogP contribution in [0.25, 0.3) is 6.08 Å². The van der Waals surface area contributed by atoms with Crippen molar-refractivity contribution >= 4 is 29.6 Å². The number of carbonyl (C=O) groups is 2. The second kappa shape index (κ2) is 8.63. The predicted molar refractivity (Wildman–Crippen MR) is 107 cm³/mol. The van der Waals surface area contributed by atoms with Gasteiger partial charge in [0.2, 0.25) is 0 Å². The van der Waals surface area contributed by atoms with Crippen LogP contribution in [0.2, 0.25) is 5.02 Å². The molecule has 0 bridgehead atoms. The first-order valence-corrected chi connectivity index (χ1v) is 8.91. The maximum atomic E-state index is 12.3. The molecule has 2 aromatic carbocycles. The standard InChI is InChI=1S/C21H19ClN2O4/c1-3-9-24-20(25)17(23-21(24)26)11-15-10-16(22)19(18(12-15)27-2)28-13-14-7-5-4-6-8-14/h3-8,10-12H,1,9,13H2,2H3,(H,23,26)/b17-11+. The van der Waals surface area contributed by atoms with Gasteiger partial charge in [-0.3, -0.25) is 9.69 Å². The highest BCUT2D eigenvalue weighted by atomic mass is 35.5. The molecule has 1 heterocycles. The maximum Gasteiger partial charge on any atom is 0.329 e. The molecule has 144 valence electrons. The zero-order valence-corrected chi connectivity index (χ0v) is 16.0. The second-order valence-electron chi connectivity index (χ2n) is 6.00. The van der Waals surface area contributed by atoms with Crippen LogP contribution in [0, 0.1) is 0 Å². The first-order chi connectivity index (χ1) is 13.5. The molecule has 3 amide bonds. The van der Waals surface area contributed by atoms with Crippen LogP contribution < -0.4 is 14.8 Å². The number of imide groups is 1. The fourth-order valence-electron chi connectivity index (χ4n) is 2.73. The van der Waals surface area contributed by atoms with Crippen LogP contribution in [0.1, 0.15) is 11.1 Å². The number of amides is 3. The number of benzene rings is 2. The van der Waals surface area contributed by atoms with Gasteiger partial charge < -0.3 is 14.8 Å². The van der Waals surface area contributed by atoms with E-state index in [1.54, 1.807) is 18.2 Å². The Labute approximate surface area is 168 Å². The van der Waals surface area contributed by atoms with Gasteiger partial charge in [0.05, 0.1) is 12.1 Å². The molecule has 0 radical (unpaired) electrons. The third kappa shape index (κ3) is 4.18. The largest absolute Gasteiger partial charge is 0.493 e. The normalized spacial score (nSPS) is 14.9. The van der Waals surface area contributed by atoms with Crippen molar-refractivity contribution in [1.29, 1.82) is 0 Å². The highest BCUT2D eigenvalue weighted by molar-refractivity contribution is 6.32. The van der Waals surface area contributed by atoms with Crippen LogP contribution in [-0.2, 0) is 11.4 Å². The van der Waals surface area contributed by atoms with Crippen LogP contribution in [0.5, 0.6) is 11.5 Å². The van der Waals surface area contributed by atoms with Crippen molar-refractivity contribution in [3.05, 3.63) is 77.0 Å². The molecule has 2 aromatic rings. The van der Waals surface area contributed by atoms with Gasteiger partial charge in [-0.1, -0.05) is 48.0 Å². The molecule has 7 heteroatoms. The lowest BCUT2D eigenvalue weighted by Crippen LogP contribution is -2.30. The molecule has 0 aromatic heterocycles. The molecule has 0 spiro atoms. The van der Waals surface area contributed by atoms with Gasteiger partial charge in [-0.15, -0.1) is 6.58 Å². The Balaban J connectivity index is 1.84. The second-order valence-corrected chi connectivity index (χ2v) is 6.41. The predicted octanol–water partition coefficient (Wildman–Crippen LogP) is 4.01. The van der Waals surface area contributed by atoms with Gasteiger partial charge in [-0.25, -0.2) is 4.79 Å². The Hall–Kier alpha value is -3.25. The van der Waals surface area contributed by atoms with Crippen molar-refractivity contribution < 1.29 is 19.1 Å². The summed E-state index contributed by atoms with van der Waals surface area (Å²) in [5.74, 6) is 0.407. The van der Waals surface area contributed by atoms with Gasteiger partial charge >= 0.3 is 6.03 Å². The van der Waals surface area contributed by atoms with E-state index in [0.29, 0.717) is 28.7 Å². The Bertz CT molecular complexity index is 941. The van der Waals surface area contributed by atoms with Gasteiger partial charge in [-0.2, -0.15) is 0 Å². The number of methoxy groups -OCH3 is 1. The van der Waals surface area contributed by atoms with Crippen molar-refractivity contribution in [2.75, 3.05) is 13.7 Å². The lowest BCUT2D eigenvalue weighted by atomic mass is 10.1. The van der Waals surface area contributed by atoms with Gasteiger partial charge in [0.1, 0.15) is 12.3 Å². The van der Waals surface area contributed by atoms with Crippen molar-refractivity contribution in [3.63, 3.8) is 0 Å². The highest BCUT2D eigenvalue weighted by Crippen LogP contribution is 2.37. The van der Waals surface area contributed by atoms with Crippen molar-refractivity contribution in [2.45, 2.75) is 6.61 Å². The average Bonchev–Trinajstić information content (AvgIpc) is 2.95. The van der Waals surface area contributed by atoms with Crippen LogP contribution in [0.4, 0.5) is 4.79 Å². The number of hydrogen-bond acceptors (Lipinski definition) is 4. The molecule has 0 atom stereocenters. The molecule has 0 aliphatic carbocycles. The Kier molecular flexibility index (Phi) is 6.01. The number of hydrogen-bond donors (Lipinski definition) is 1.